The van der Waals surface area contributed by atoms with Crippen LogP contribution in [0.4, 0.5) is 0 Å². The molecule has 3 N–H and O–H groups in total. The second-order valence-electron chi connectivity index (χ2n) is 14.3. The molecule has 4 aliphatic carbocycles. The van der Waals surface area contributed by atoms with Crippen LogP contribution in [0.3, 0.4) is 0 Å². The summed E-state index contributed by atoms with van der Waals surface area (Å²) in [7, 11) is 0. The molecule has 33 heavy (non-hydrogen) atoms. The molecule has 4 rings (SSSR count). The molecule has 0 spiro atoms. The summed E-state index contributed by atoms with van der Waals surface area (Å²) < 4.78 is 0. The summed E-state index contributed by atoms with van der Waals surface area (Å²) in [6.45, 7) is 16.6. The first-order chi connectivity index (χ1) is 15.2. The van der Waals surface area contributed by atoms with Gasteiger partial charge in [-0.15, -0.1) is 0 Å². The molecule has 4 aliphatic rings. The molecule has 3 nitrogen and oxygen atoms in total. The van der Waals surface area contributed by atoms with Crippen LogP contribution in [0.25, 0.3) is 0 Å². The van der Waals surface area contributed by atoms with Gasteiger partial charge < -0.3 is 15.3 Å². The fourth-order valence-electron chi connectivity index (χ4n) is 10.3. The van der Waals surface area contributed by atoms with E-state index in [-0.39, 0.29) is 23.5 Å². The van der Waals surface area contributed by atoms with E-state index in [2.05, 4.69) is 47.6 Å². The number of aliphatic hydroxyl groups excluding tert-OH is 2. The summed E-state index contributed by atoms with van der Waals surface area (Å²) in [5.41, 5.74) is 1.29. The molecule has 0 amide bonds. The molecule has 3 heteroatoms. The smallest absolute Gasteiger partial charge is 0.0653 e. The van der Waals surface area contributed by atoms with Crippen molar-refractivity contribution in [2.75, 3.05) is 6.61 Å². The zero-order chi connectivity index (χ0) is 24.4. The van der Waals surface area contributed by atoms with Gasteiger partial charge in [0.05, 0.1) is 18.3 Å². The lowest BCUT2D eigenvalue weighted by atomic mass is 9.35. The van der Waals surface area contributed by atoms with Gasteiger partial charge in [0, 0.05) is 0 Å². The van der Waals surface area contributed by atoms with E-state index in [1.807, 2.05) is 6.92 Å². The van der Waals surface area contributed by atoms with Gasteiger partial charge in [-0.3, -0.25) is 0 Å². The van der Waals surface area contributed by atoms with E-state index in [1.54, 1.807) is 0 Å². The number of allylic oxidation sites excluding steroid dienone is 1. The van der Waals surface area contributed by atoms with Crippen LogP contribution in [-0.2, 0) is 0 Å². The van der Waals surface area contributed by atoms with Gasteiger partial charge in [0.15, 0.2) is 0 Å². The molecule has 0 saturated heterocycles. The van der Waals surface area contributed by atoms with Crippen molar-refractivity contribution in [1.29, 1.82) is 0 Å². The van der Waals surface area contributed by atoms with Gasteiger partial charge in [-0.2, -0.15) is 0 Å². The number of hydrogen-bond acceptors (Lipinski definition) is 3. The lowest BCUT2D eigenvalue weighted by molar-refractivity contribution is -0.225. The SMILES string of the molecule is C/C(=C/CC[C@](C)(O)[C@H]1CC[C@]2(C)[C@@H]1CC[C@H]1[C@@]3(C)CC[C@H](O)C(C)(C)[C@@H]3CC[C@]12C)CO. The Morgan fingerprint density at radius 3 is 2.24 bits per heavy atom. The van der Waals surface area contributed by atoms with Gasteiger partial charge in [0.25, 0.3) is 0 Å². The van der Waals surface area contributed by atoms with Gasteiger partial charge in [0.2, 0.25) is 0 Å². The molecule has 0 unspecified atom stereocenters. The lowest BCUT2D eigenvalue weighted by Gasteiger charge is -2.70. The van der Waals surface area contributed by atoms with Crippen LogP contribution in [0.1, 0.15) is 113 Å². The van der Waals surface area contributed by atoms with Gasteiger partial charge in [-0.25, -0.2) is 0 Å². The van der Waals surface area contributed by atoms with E-state index in [4.69, 9.17) is 0 Å². The normalized spacial score (nSPS) is 49.0. The zero-order valence-electron chi connectivity index (χ0n) is 22.6. The molecular formula is C30H52O3. The second kappa shape index (κ2) is 8.34. The maximum Gasteiger partial charge on any atom is 0.0653 e. The molecule has 190 valence electrons. The van der Waals surface area contributed by atoms with E-state index in [0.29, 0.717) is 28.6 Å². The van der Waals surface area contributed by atoms with E-state index >= 15 is 0 Å². The van der Waals surface area contributed by atoms with Crippen LogP contribution in [0.5, 0.6) is 0 Å². The maximum atomic E-state index is 11.6. The van der Waals surface area contributed by atoms with Crippen molar-refractivity contribution in [3.05, 3.63) is 11.6 Å². The Bertz CT molecular complexity index is 769. The topological polar surface area (TPSA) is 60.7 Å². The molecule has 0 radical (unpaired) electrons. The third-order valence-corrected chi connectivity index (χ3v) is 12.6. The van der Waals surface area contributed by atoms with Crippen molar-refractivity contribution in [2.24, 2.45) is 45.3 Å². The Hall–Kier alpha value is -0.380. The third-order valence-electron chi connectivity index (χ3n) is 12.6. The Morgan fingerprint density at radius 2 is 1.58 bits per heavy atom. The predicted molar refractivity (Wildman–Crippen MR) is 136 cm³/mol. The van der Waals surface area contributed by atoms with Crippen molar-refractivity contribution >= 4 is 0 Å². The summed E-state index contributed by atoms with van der Waals surface area (Å²) >= 11 is 0. The van der Waals surface area contributed by atoms with Crippen molar-refractivity contribution in [1.82, 2.24) is 0 Å². The highest BCUT2D eigenvalue weighted by atomic mass is 16.3. The Morgan fingerprint density at radius 1 is 0.909 bits per heavy atom. The quantitative estimate of drug-likeness (QED) is 0.410. The molecule has 0 aliphatic heterocycles. The van der Waals surface area contributed by atoms with Crippen molar-refractivity contribution in [3.8, 4) is 0 Å². The summed E-state index contributed by atoms with van der Waals surface area (Å²) in [6.07, 6.45) is 13.1. The van der Waals surface area contributed by atoms with Crippen molar-refractivity contribution in [3.63, 3.8) is 0 Å². The Labute approximate surface area is 203 Å². The molecule has 0 aromatic carbocycles. The van der Waals surface area contributed by atoms with E-state index in [1.165, 1.54) is 38.5 Å². The van der Waals surface area contributed by atoms with Crippen LogP contribution >= 0.6 is 0 Å². The summed E-state index contributed by atoms with van der Waals surface area (Å²) in [5.74, 6) is 2.29. The molecular weight excluding hydrogens is 408 g/mol. The molecule has 0 aromatic heterocycles. The van der Waals surface area contributed by atoms with Gasteiger partial charge >= 0.3 is 0 Å². The largest absolute Gasteiger partial charge is 0.393 e. The fourth-order valence-corrected chi connectivity index (χ4v) is 10.3. The van der Waals surface area contributed by atoms with Crippen LogP contribution in [-0.4, -0.2) is 33.6 Å². The van der Waals surface area contributed by atoms with Crippen molar-refractivity contribution < 1.29 is 15.3 Å². The summed E-state index contributed by atoms with van der Waals surface area (Å²) in [6, 6.07) is 0. The highest BCUT2D eigenvalue weighted by Crippen LogP contribution is 2.75. The lowest BCUT2D eigenvalue weighted by Crippen LogP contribution is -2.64. The van der Waals surface area contributed by atoms with E-state index in [0.717, 1.165) is 37.2 Å². The molecule has 0 bridgehead atoms. The minimum atomic E-state index is -0.643. The predicted octanol–water partition coefficient (Wildman–Crippen LogP) is 6.50. The Kier molecular flexibility index (Phi) is 6.50. The zero-order valence-corrected chi connectivity index (χ0v) is 22.6. The van der Waals surface area contributed by atoms with Crippen LogP contribution in [0.15, 0.2) is 11.6 Å². The highest BCUT2D eigenvalue weighted by Gasteiger charge is 2.69. The first-order valence-electron chi connectivity index (χ1n) is 13.9. The minimum Gasteiger partial charge on any atom is -0.393 e. The van der Waals surface area contributed by atoms with Gasteiger partial charge in [-0.05, 0) is 123 Å². The molecule has 0 aromatic rings. The first-order valence-corrected chi connectivity index (χ1v) is 13.9. The van der Waals surface area contributed by atoms with Crippen LogP contribution in [0, 0.1) is 45.3 Å². The van der Waals surface area contributed by atoms with E-state index < -0.39 is 5.60 Å². The maximum absolute atomic E-state index is 11.6. The molecule has 4 saturated carbocycles. The highest BCUT2D eigenvalue weighted by molar-refractivity contribution is 5.18. The number of rotatable bonds is 5. The fraction of sp³-hybridized carbons (Fsp3) is 0.933. The standard InChI is InChI=1S/C30H52O3/c1-20(19-31)9-8-15-30(7,33)22-12-17-28(5)21(22)10-11-24-27(4)16-14-25(32)26(2,3)23(27)13-18-29(24,28)6/h9,21-25,31-33H,8,10-19H2,1-7H3/b20-9-/t21-,22+,23+,24+,25+,27+,28-,29-,30+/m1/s1. The summed E-state index contributed by atoms with van der Waals surface area (Å²) in [5, 5.41) is 31.8. The number of hydrogen-bond donors (Lipinski definition) is 3. The third kappa shape index (κ3) is 3.70. The van der Waals surface area contributed by atoms with Crippen molar-refractivity contribution in [2.45, 2.75) is 124 Å². The van der Waals surface area contributed by atoms with Gasteiger partial charge in [-0.1, -0.05) is 46.3 Å². The number of fused-ring (bicyclic) bond motifs is 5. The molecule has 9 atom stereocenters. The molecule has 0 heterocycles. The van der Waals surface area contributed by atoms with Crippen LogP contribution < -0.4 is 0 Å². The first kappa shape index (κ1) is 25.7. The monoisotopic (exact) mass is 460 g/mol. The second-order valence-corrected chi connectivity index (χ2v) is 14.3. The Balaban J connectivity index is 1.59. The van der Waals surface area contributed by atoms with E-state index in [9.17, 15) is 15.3 Å². The number of aliphatic hydroxyl groups is 3. The van der Waals surface area contributed by atoms with Crippen LogP contribution in [0.2, 0.25) is 0 Å². The summed E-state index contributed by atoms with van der Waals surface area (Å²) in [4.78, 5) is 0. The molecule has 4 fully saturated rings. The van der Waals surface area contributed by atoms with Gasteiger partial charge in [0.1, 0.15) is 0 Å². The average molecular weight is 461 g/mol. The average Bonchev–Trinajstić information content (AvgIpc) is 3.10. The minimum absolute atomic E-state index is 0.00812.